The third-order valence-corrected chi connectivity index (χ3v) is 3.81. The van der Waals surface area contributed by atoms with Crippen molar-refractivity contribution in [3.8, 4) is 0 Å². The Kier molecular flexibility index (Phi) is 4.01. The topological polar surface area (TPSA) is 101 Å². The summed E-state index contributed by atoms with van der Waals surface area (Å²) in [5.41, 5.74) is 0.826. The summed E-state index contributed by atoms with van der Waals surface area (Å²) in [6.45, 7) is 4.23. The molecule has 0 atom stereocenters. The lowest BCUT2D eigenvalue weighted by Gasteiger charge is -2.01. The fourth-order valence-corrected chi connectivity index (χ4v) is 2.49. The second kappa shape index (κ2) is 5.54. The smallest absolute Gasteiger partial charge is 0.244 e. The Bertz CT molecular complexity index is 616. The van der Waals surface area contributed by atoms with Crippen molar-refractivity contribution in [2.24, 2.45) is 5.92 Å². The van der Waals surface area contributed by atoms with Gasteiger partial charge in [-0.1, -0.05) is 19.0 Å². The minimum absolute atomic E-state index is 0.0681. The van der Waals surface area contributed by atoms with Gasteiger partial charge in [0.25, 0.3) is 0 Å². The van der Waals surface area contributed by atoms with E-state index in [0.717, 1.165) is 12.1 Å². The van der Waals surface area contributed by atoms with Crippen LogP contribution < -0.4 is 4.72 Å². The highest BCUT2D eigenvalue weighted by atomic mass is 32.2. The highest BCUT2D eigenvalue weighted by Crippen LogP contribution is 2.10. The summed E-state index contributed by atoms with van der Waals surface area (Å²) in [5.74, 6) is 0.961. The van der Waals surface area contributed by atoms with Crippen LogP contribution in [0, 0.1) is 5.92 Å². The number of H-pyrrole nitrogens is 1. The monoisotopic (exact) mass is 284 g/mol. The average molecular weight is 284 g/mol. The molecule has 0 amide bonds. The van der Waals surface area contributed by atoms with Crippen LogP contribution in [-0.4, -0.2) is 23.8 Å². The summed E-state index contributed by atoms with van der Waals surface area (Å²) < 4.78 is 31.1. The van der Waals surface area contributed by atoms with Crippen LogP contribution in [0.15, 0.2) is 27.9 Å². The van der Waals surface area contributed by atoms with Crippen molar-refractivity contribution in [1.82, 2.24) is 20.1 Å². The van der Waals surface area contributed by atoms with E-state index in [9.17, 15) is 8.42 Å². The number of aromatic amines is 1. The van der Waals surface area contributed by atoms with Gasteiger partial charge in [-0.2, -0.15) is 5.10 Å². The molecule has 0 aliphatic heterocycles. The molecule has 0 bridgehead atoms. The van der Waals surface area contributed by atoms with Gasteiger partial charge in [0, 0.05) is 12.3 Å². The van der Waals surface area contributed by atoms with Gasteiger partial charge < -0.3 is 4.52 Å². The van der Waals surface area contributed by atoms with E-state index < -0.39 is 10.0 Å². The first-order chi connectivity index (χ1) is 8.97. The van der Waals surface area contributed by atoms with Crippen LogP contribution >= 0.6 is 0 Å². The molecule has 8 heteroatoms. The molecule has 0 unspecified atom stereocenters. The van der Waals surface area contributed by atoms with Crippen molar-refractivity contribution < 1.29 is 12.9 Å². The van der Waals surface area contributed by atoms with E-state index in [1.165, 1.54) is 12.4 Å². The number of sulfonamides is 1. The Morgan fingerprint density at radius 2 is 2.26 bits per heavy atom. The predicted octanol–water partition coefficient (Wildman–Crippen LogP) is 1.07. The van der Waals surface area contributed by atoms with E-state index in [1.807, 2.05) is 0 Å². The molecule has 0 radical (unpaired) electrons. The molecule has 2 aromatic rings. The lowest BCUT2D eigenvalue weighted by Crippen LogP contribution is -2.22. The molecule has 0 saturated heterocycles. The molecule has 2 rings (SSSR count). The average Bonchev–Trinajstić information content (AvgIpc) is 2.96. The minimum atomic E-state index is -3.56. The normalized spacial score (nSPS) is 12.2. The van der Waals surface area contributed by atoms with Crippen LogP contribution in [0.5, 0.6) is 0 Å². The molecule has 7 nitrogen and oxygen atoms in total. The molecule has 19 heavy (non-hydrogen) atoms. The van der Waals surface area contributed by atoms with E-state index >= 15 is 0 Å². The molecule has 0 spiro atoms. The molecule has 2 N–H and O–H groups in total. The predicted molar refractivity (Wildman–Crippen MR) is 67.7 cm³/mol. The Morgan fingerprint density at radius 1 is 1.47 bits per heavy atom. The zero-order valence-corrected chi connectivity index (χ0v) is 11.6. The molecule has 2 aromatic heterocycles. The van der Waals surface area contributed by atoms with Crippen molar-refractivity contribution in [3.63, 3.8) is 0 Å². The Morgan fingerprint density at radius 3 is 2.89 bits per heavy atom. The van der Waals surface area contributed by atoms with Crippen molar-refractivity contribution in [3.05, 3.63) is 29.9 Å². The third-order valence-electron chi connectivity index (χ3n) is 2.44. The zero-order chi connectivity index (χ0) is 13.9. The number of hydrogen-bond acceptors (Lipinski definition) is 5. The highest BCUT2D eigenvalue weighted by Gasteiger charge is 2.16. The van der Waals surface area contributed by atoms with Crippen molar-refractivity contribution in [2.75, 3.05) is 0 Å². The number of nitrogens with one attached hydrogen (secondary N) is 2. The Hall–Kier alpha value is -1.67. The molecule has 0 aliphatic carbocycles. The van der Waals surface area contributed by atoms with Crippen LogP contribution in [0.3, 0.4) is 0 Å². The summed E-state index contributed by atoms with van der Waals surface area (Å²) in [5, 5.41) is 9.95. The third kappa shape index (κ3) is 3.65. The number of nitrogens with zero attached hydrogens (tertiary/aromatic N) is 2. The largest absolute Gasteiger partial charge is 0.360 e. The summed E-state index contributed by atoms with van der Waals surface area (Å²) in [7, 11) is -3.56. The SMILES string of the molecule is CC(C)Cc1cc(CNS(=O)(=O)c2cn[nH]c2)on1. The van der Waals surface area contributed by atoms with Crippen LogP contribution in [0.4, 0.5) is 0 Å². The first kappa shape index (κ1) is 13.8. The van der Waals surface area contributed by atoms with E-state index in [4.69, 9.17) is 4.52 Å². The van der Waals surface area contributed by atoms with Gasteiger partial charge in [0.2, 0.25) is 10.0 Å². The molecular weight excluding hydrogens is 268 g/mol. The van der Waals surface area contributed by atoms with Gasteiger partial charge in [-0.3, -0.25) is 5.10 Å². The van der Waals surface area contributed by atoms with Crippen molar-refractivity contribution >= 4 is 10.0 Å². The highest BCUT2D eigenvalue weighted by molar-refractivity contribution is 7.89. The maximum Gasteiger partial charge on any atom is 0.244 e. The number of rotatable bonds is 6. The van der Waals surface area contributed by atoms with Crippen LogP contribution in [0.25, 0.3) is 0 Å². The van der Waals surface area contributed by atoms with E-state index in [1.54, 1.807) is 6.07 Å². The molecular formula is C11H16N4O3S. The standard InChI is InChI=1S/C11H16N4O3S/c1-8(2)3-9-4-10(18-15-9)5-14-19(16,17)11-6-12-13-7-11/h4,6-8,14H,3,5H2,1-2H3,(H,12,13). The van der Waals surface area contributed by atoms with Gasteiger partial charge in [-0.15, -0.1) is 0 Å². The lowest BCUT2D eigenvalue weighted by molar-refractivity contribution is 0.372. The second-order valence-electron chi connectivity index (χ2n) is 4.64. The summed E-state index contributed by atoms with van der Waals surface area (Å²) in [6, 6.07) is 1.76. The molecule has 104 valence electrons. The Labute approximate surface area is 111 Å². The van der Waals surface area contributed by atoms with Gasteiger partial charge in [0.05, 0.1) is 18.4 Å². The molecule has 0 fully saturated rings. The fourth-order valence-electron chi connectivity index (χ4n) is 1.59. The van der Waals surface area contributed by atoms with Gasteiger partial charge in [0.1, 0.15) is 4.90 Å². The summed E-state index contributed by atoms with van der Waals surface area (Å²) >= 11 is 0. The quantitative estimate of drug-likeness (QED) is 0.826. The Balaban J connectivity index is 1.97. The second-order valence-corrected chi connectivity index (χ2v) is 6.41. The van der Waals surface area contributed by atoms with E-state index in [0.29, 0.717) is 11.7 Å². The van der Waals surface area contributed by atoms with Crippen molar-refractivity contribution in [2.45, 2.75) is 31.7 Å². The number of aromatic nitrogens is 3. The first-order valence-electron chi connectivity index (χ1n) is 5.90. The van der Waals surface area contributed by atoms with E-state index in [2.05, 4.69) is 33.9 Å². The molecule has 0 aliphatic rings. The lowest BCUT2D eigenvalue weighted by atomic mass is 10.1. The van der Waals surface area contributed by atoms with Crippen molar-refractivity contribution in [1.29, 1.82) is 0 Å². The van der Waals surface area contributed by atoms with Gasteiger partial charge in [-0.05, 0) is 12.3 Å². The van der Waals surface area contributed by atoms with Crippen LogP contribution in [0.2, 0.25) is 0 Å². The summed E-state index contributed by atoms with van der Waals surface area (Å²) in [6.07, 6.45) is 3.36. The van der Waals surface area contributed by atoms with Gasteiger partial charge in [-0.25, -0.2) is 13.1 Å². The van der Waals surface area contributed by atoms with E-state index in [-0.39, 0.29) is 11.4 Å². The van der Waals surface area contributed by atoms with Crippen LogP contribution in [0.1, 0.15) is 25.3 Å². The summed E-state index contributed by atoms with van der Waals surface area (Å²) in [4.78, 5) is 0.0921. The minimum Gasteiger partial charge on any atom is -0.360 e. The number of hydrogen-bond donors (Lipinski definition) is 2. The zero-order valence-electron chi connectivity index (χ0n) is 10.8. The first-order valence-corrected chi connectivity index (χ1v) is 7.38. The molecule has 2 heterocycles. The maximum atomic E-state index is 11.8. The molecule has 0 aromatic carbocycles. The van der Waals surface area contributed by atoms with Gasteiger partial charge in [0.15, 0.2) is 5.76 Å². The maximum absolute atomic E-state index is 11.8. The fraction of sp³-hybridized carbons (Fsp3) is 0.455. The molecule has 0 saturated carbocycles. The van der Waals surface area contributed by atoms with Gasteiger partial charge >= 0.3 is 0 Å². The van der Waals surface area contributed by atoms with Crippen LogP contribution in [-0.2, 0) is 23.0 Å².